The van der Waals surface area contributed by atoms with Crippen LogP contribution in [0.25, 0.3) is 0 Å². The fraction of sp³-hybridized carbons (Fsp3) is 1.00. The fourth-order valence-electron chi connectivity index (χ4n) is 2.80. The monoisotopic (exact) mass is 261 g/mol. The second-order valence-electron chi connectivity index (χ2n) is 4.56. The van der Waals surface area contributed by atoms with Gasteiger partial charge in [0.2, 0.25) is 0 Å². The van der Waals surface area contributed by atoms with E-state index in [9.17, 15) is 0 Å². The third-order valence-corrected chi connectivity index (χ3v) is 4.25. The Balaban J connectivity index is 1.76. The second-order valence-corrected chi connectivity index (χ2v) is 5.35. The van der Waals surface area contributed by atoms with Crippen molar-refractivity contribution in [1.82, 2.24) is 4.90 Å². The van der Waals surface area contributed by atoms with Crippen LogP contribution in [-0.2, 0) is 4.74 Å². The summed E-state index contributed by atoms with van der Waals surface area (Å²) in [6.45, 7) is 0.930. The standard InChI is InChI=1S/C11H20BrNO/c1-13-9-3-4-10(13)8-11(7-9)14-6-2-5-12/h9-11H,2-8H2,1H3. The van der Waals surface area contributed by atoms with Crippen LogP contribution in [0.5, 0.6) is 0 Å². The molecule has 0 N–H and O–H groups in total. The number of ether oxygens (including phenoxy) is 1. The van der Waals surface area contributed by atoms with Crippen molar-refractivity contribution in [1.29, 1.82) is 0 Å². The minimum absolute atomic E-state index is 0.544. The summed E-state index contributed by atoms with van der Waals surface area (Å²) >= 11 is 3.43. The maximum Gasteiger partial charge on any atom is 0.0605 e. The first-order valence-electron chi connectivity index (χ1n) is 5.70. The summed E-state index contributed by atoms with van der Waals surface area (Å²) in [5, 5.41) is 1.06. The Kier molecular flexibility index (Phi) is 3.86. The van der Waals surface area contributed by atoms with E-state index in [-0.39, 0.29) is 0 Å². The molecule has 0 saturated carbocycles. The van der Waals surface area contributed by atoms with Crippen LogP contribution in [0.2, 0.25) is 0 Å². The van der Waals surface area contributed by atoms with Crippen LogP contribution in [0.1, 0.15) is 32.1 Å². The number of hydrogen-bond donors (Lipinski definition) is 0. The summed E-state index contributed by atoms with van der Waals surface area (Å²) in [5.74, 6) is 0. The fourth-order valence-corrected chi connectivity index (χ4v) is 3.03. The van der Waals surface area contributed by atoms with Gasteiger partial charge >= 0.3 is 0 Å². The normalized spacial score (nSPS) is 37.7. The van der Waals surface area contributed by atoms with Crippen molar-refractivity contribution in [3.8, 4) is 0 Å². The molecule has 82 valence electrons. The molecule has 2 aliphatic rings. The highest BCUT2D eigenvalue weighted by atomic mass is 79.9. The van der Waals surface area contributed by atoms with Crippen LogP contribution in [-0.4, -0.2) is 42.1 Å². The van der Waals surface area contributed by atoms with E-state index in [1.54, 1.807) is 0 Å². The molecule has 2 fully saturated rings. The lowest BCUT2D eigenvalue weighted by atomic mass is 10.0. The molecule has 0 radical (unpaired) electrons. The molecule has 0 amide bonds. The number of alkyl halides is 1. The number of piperidine rings is 1. The summed E-state index contributed by atoms with van der Waals surface area (Å²) < 4.78 is 5.90. The zero-order chi connectivity index (χ0) is 9.97. The molecular formula is C11H20BrNO. The van der Waals surface area contributed by atoms with Gasteiger partial charge < -0.3 is 9.64 Å². The zero-order valence-electron chi connectivity index (χ0n) is 8.92. The van der Waals surface area contributed by atoms with Gasteiger partial charge in [-0.05, 0) is 39.2 Å². The highest BCUT2D eigenvalue weighted by Gasteiger charge is 2.38. The molecule has 0 aromatic carbocycles. The minimum Gasteiger partial charge on any atom is -0.378 e. The molecule has 2 unspecified atom stereocenters. The number of rotatable bonds is 4. The van der Waals surface area contributed by atoms with Crippen molar-refractivity contribution < 1.29 is 4.74 Å². The number of halogens is 1. The minimum atomic E-state index is 0.544. The molecule has 0 spiro atoms. The van der Waals surface area contributed by atoms with E-state index in [2.05, 4.69) is 27.9 Å². The molecule has 2 aliphatic heterocycles. The maximum atomic E-state index is 5.90. The number of fused-ring (bicyclic) bond motifs is 2. The Morgan fingerprint density at radius 2 is 1.93 bits per heavy atom. The first-order chi connectivity index (χ1) is 6.81. The summed E-state index contributed by atoms with van der Waals surface area (Å²) in [6, 6.07) is 1.62. The van der Waals surface area contributed by atoms with E-state index in [1.807, 2.05) is 0 Å². The summed E-state index contributed by atoms with van der Waals surface area (Å²) in [7, 11) is 2.27. The van der Waals surface area contributed by atoms with E-state index >= 15 is 0 Å². The lowest BCUT2D eigenvalue weighted by molar-refractivity contribution is -0.0115. The Morgan fingerprint density at radius 3 is 2.50 bits per heavy atom. The van der Waals surface area contributed by atoms with Gasteiger partial charge in [-0.15, -0.1) is 0 Å². The smallest absolute Gasteiger partial charge is 0.0605 e. The van der Waals surface area contributed by atoms with Crippen LogP contribution in [0.4, 0.5) is 0 Å². The van der Waals surface area contributed by atoms with Gasteiger partial charge in [0, 0.05) is 24.0 Å². The zero-order valence-corrected chi connectivity index (χ0v) is 10.5. The summed E-state index contributed by atoms with van der Waals surface area (Å²) in [6.07, 6.45) is 6.98. The average molecular weight is 262 g/mol. The van der Waals surface area contributed by atoms with Crippen LogP contribution < -0.4 is 0 Å². The molecule has 3 heteroatoms. The largest absolute Gasteiger partial charge is 0.378 e. The van der Waals surface area contributed by atoms with Crippen molar-refractivity contribution in [2.45, 2.75) is 50.3 Å². The van der Waals surface area contributed by atoms with Crippen molar-refractivity contribution in [2.24, 2.45) is 0 Å². The van der Waals surface area contributed by atoms with E-state index in [1.165, 1.54) is 25.7 Å². The molecule has 2 saturated heterocycles. The van der Waals surface area contributed by atoms with Gasteiger partial charge in [-0.2, -0.15) is 0 Å². The maximum absolute atomic E-state index is 5.90. The molecule has 2 nitrogen and oxygen atoms in total. The molecule has 0 aliphatic carbocycles. The molecule has 2 heterocycles. The SMILES string of the molecule is CN1C2CCC1CC(OCCCBr)C2. The second kappa shape index (κ2) is 4.95. The van der Waals surface area contributed by atoms with E-state index in [0.717, 1.165) is 30.4 Å². The van der Waals surface area contributed by atoms with Crippen LogP contribution >= 0.6 is 15.9 Å². The van der Waals surface area contributed by atoms with Crippen molar-refractivity contribution in [2.75, 3.05) is 19.0 Å². The van der Waals surface area contributed by atoms with Crippen molar-refractivity contribution >= 4 is 15.9 Å². The molecule has 2 bridgehead atoms. The van der Waals surface area contributed by atoms with E-state index < -0.39 is 0 Å². The Labute approximate surface area is 95.1 Å². The quantitative estimate of drug-likeness (QED) is 0.570. The number of nitrogens with zero attached hydrogens (tertiary/aromatic N) is 1. The predicted octanol–water partition coefficient (Wildman–Crippen LogP) is 2.41. The topological polar surface area (TPSA) is 12.5 Å². The van der Waals surface area contributed by atoms with Gasteiger partial charge in [0.05, 0.1) is 6.10 Å². The Hall–Kier alpha value is 0.400. The van der Waals surface area contributed by atoms with Gasteiger partial charge in [-0.25, -0.2) is 0 Å². The molecule has 0 aromatic rings. The Bertz CT molecular complexity index is 174. The van der Waals surface area contributed by atoms with E-state index in [0.29, 0.717) is 6.10 Å². The Morgan fingerprint density at radius 1 is 1.29 bits per heavy atom. The van der Waals surface area contributed by atoms with Crippen molar-refractivity contribution in [3.05, 3.63) is 0 Å². The lowest BCUT2D eigenvalue weighted by Gasteiger charge is -2.36. The third kappa shape index (κ3) is 2.31. The van der Waals surface area contributed by atoms with Crippen LogP contribution in [0, 0.1) is 0 Å². The lowest BCUT2D eigenvalue weighted by Crippen LogP contribution is -2.42. The summed E-state index contributed by atoms with van der Waals surface area (Å²) in [5.41, 5.74) is 0. The van der Waals surface area contributed by atoms with Crippen molar-refractivity contribution in [3.63, 3.8) is 0 Å². The van der Waals surface area contributed by atoms with Crippen LogP contribution in [0.15, 0.2) is 0 Å². The van der Waals surface area contributed by atoms with Gasteiger partial charge in [-0.1, -0.05) is 15.9 Å². The molecule has 2 rings (SSSR count). The van der Waals surface area contributed by atoms with Gasteiger partial charge in [0.1, 0.15) is 0 Å². The first-order valence-corrected chi connectivity index (χ1v) is 6.83. The highest BCUT2D eigenvalue weighted by molar-refractivity contribution is 9.09. The van der Waals surface area contributed by atoms with E-state index in [4.69, 9.17) is 4.74 Å². The van der Waals surface area contributed by atoms with Crippen LogP contribution in [0.3, 0.4) is 0 Å². The molecule has 2 atom stereocenters. The highest BCUT2D eigenvalue weighted by Crippen LogP contribution is 2.35. The first kappa shape index (κ1) is 10.9. The number of hydrogen-bond acceptors (Lipinski definition) is 2. The summed E-state index contributed by atoms with van der Waals surface area (Å²) in [4.78, 5) is 2.56. The molecule has 14 heavy (non-hydrogen) atoms. The predicted molar refractivity (Wildman–Crippen MR) is 62.0 cm³/mol. The molecule has 0 aromatic heterocycles. The third-order valence-electron chi connectivity index (χ3n) is 3.69. The van der Waals surface area contributed by atoms with Gasteiger partial charge in [0.25, 0.3) is 0 Å². The average Bonchev–Trinajstić information content (AvgIpc) is 2.41. The molecular weight excluding hydrogens is 242 g/mol. The van der Waals surface area contributed by atoms with Gasteiger partial charge in [-0.3, -0.25) is 0 Å². The van der Waals surface area contributed by atoms with Gasteiger partial charge in [0.15, 0.2) is 0 Å².